The Balaban J connectivity index is 1.95. The van der Waals surface area contributed by atoms with Gasteiger partial charge in [0.25, 0.3) is 11.5 Å². The predicted octanol–water partition coefficient (Wildman–Crippen LogP) is 4.69. The summed E-state index contributed by atoms with van der Waals surface area (Å²) >= 11 is 0. The Morgan fingerprint density at radius 1 is 0.917 bits per heavy atom. The van der Waals surface area contributed by atoms with Gasteiger partial charge >= 0.3 is 0 Å². The molecule has 2 N–H and O–H groups in total. The van der Waals surface area contributed by atoms with Crippen LogP contribution in [-0.2, 0) is 6.54 Å². The van der Waals surface area contributed by atoms with Gasteiger partial charge in [-0.3, -0.25) is 19.1 Å². The number of aromatic nitrogens is 1. The van der Waals surface area contributed by atoms with Crippen molar-refractivity contribution in [3.63, 3.8) is 0 Å². The molecule has 0 fully saturated rings. The first-order valence-corrected chi connectivity index (χ1v) is 12.5. The zero-order chi connectivity index (χ0) is 25.5. The normalized spacial score (nSPS) is 12.1. The summed E-state index contributed by atoms with van der Waals surface area (Å²) in [5.74, 6) is -0.221. The molecule has 4 aromatic rings. The topological polar surface area (TPSA) is 74.6 Å². The van der Waals surface area contributed by atoms with Crippen molar-refractivity contribution in [3.8, 4) is 5.69 Å². The molecule has 0 aliphatic rings. The molecule has 3 aromatic carbocycles. The van der Waals surface area contributed by atoms with Crippen molar-refractivity contribution in [1.29, 1.82) is 0 Å². The molecular weight excluding hydrogens is 450 g/mol. The summed E-state index contributed by atoms with van der Waals surface area (Å²) in [6, 6.07) is 26.5. The number of aliphatic hydroxyl groups is 1. The van der Waals surface area contributed by atoms with Crippen LogP contribution in [0.2, 0.25) is 0 Å². The van der Waals surface area contributed by atoms with E-state index in [1.54, 1.807) is 10.6 Å². The molecule has 0 saturated heterocycles. The van der Waals surface area contributed by atoms with Gasteiger partial charge in [0, 0.05) is 29.5 Å². The van der Waals surface area contributed by atoms with Crippen LogP contribution in [0.5, 0.6) is 0 Å². The van der Waals surface area contributed by atoms with E-state index >= 15 is 0 Å². The summed E-state index contributed by atoms with van der Waals surface area (Å²) in [4.78, 5) is 29.9. The van der Waals surface area contributed by atoms with Gasteiger partial charge in [0.2, 0.25) is 0 Å². The van der Waals surface area contributed by atoms with Crippen LogP contribution in [-0.4, -0.2) is 40.2 Å². The molecule has 1 atom stereocenters. The summed E-state index contributed by atoms with van der Waals surface area (Å²) in [6.07, 6.45) is 0.729. The smallest absolute Gasteiger partial charge is 0.263 e. The average Bonchev–Trinajstić information content (AvgIpc) is 2.92. The maximum Gasteiger partial charge on any atom is 0.263 e. The number of para-hydroxylation sites is 1. The lowest BCUT2D eigenvalue weighted by Crippen LogP contribution is -2.36. The van der Waals surface area contributed by atoms with E-state index in [-0.39, 0.29) is 24.1 Å². The Bertz CT molecular complexity index is 1370. The summed E-state index contributed by atoms with van der Waals surface area (Å²) in [7, 11) is 0. The van der Waals surface area contributed by atoms with Crippen molar-refractivity contribution in [2.24, 2.45) is 0 Å². The van der Waals surface area contributed by atoms with E-state index in [4.69, 9.17) is 0 Å². The van der Waals surface area contributed by atoms with Gasteiger partial charge in [-0.1, -0.05) is 80.6 Å². The number of aliphatic hydroxyl groups excluding tert-OH is 1. The molecule has 0 saturated carbocycles. The maximum atomic E-state index is 14.1. The Kier molecular flexibility index (Phi) is 8.31. The van der Waals surface area contributed by atoms with Gasteiger partial charge in [0.15, 0.2) is 0 Å². The van der Waals surface area contributed by atoms with E-state index in [1.807, 2.05) is 97.6 Å². The number of nitrogens with zero attached hydrogens (tertiary/aromatic N) is 2. The molecule has 186 valence electrons. The number of hydrogen-bond donors (Lipinski definition) is 2. The molecule has 0 spiro atoms. The Labute approximate surface area is 211 Å². The summed E-state index contributed by atoms with van der Waals surface area (Å²) in [6.45, 7) is 5.49. The third-order valence-electron chi connectivity index (χ3n) is 6.58. The minimum absolute atomic E-state index is 0.00949. The molecule has 1 aromatic heterocycles. The minimum Gasteiger partial charge on any atom is -0.395 e. The summed E-state index contributed by atoms with van der Waals surface area (Å²) in [5.41, 5.74) is 2.66. The van der Waals surface area contributed by atoms with Gasteiger partial charge in [-0.15, -0.1) is 0 Å². The first-order valence-electron chi connectivity index (χ1n) is 12.5. The van der Waals surface area contributed by atoms with Crippen LogP contribution in [0.3, 0.4) is 0 Å². The Morgan fingerprint density at radius 3 is 2.14 bits per heavy atom. The van der Waals surface area contributed by atoms with E-state index in [0.29, 0.717) is 47.4 Å². The molecule has 6 nitrogen and oxygen atoms in total. The third kappa shape index (κ3) is 5.25. The molecule has 36 heavy (non-hydrogen) atoms. The van der Waals surface area contributed by atoms with Crippen LogP contribution in [0.15, 0.2) is 89.7 Å². The predicted molar refractivity (Wildman–Crippen MR) is 145 cm³/mol. The van der Waals surface area contributed by atoms with Crippen molar-refractivity contribution in [1.82, 2.24) is 14.8 Å². The number of pyridine rings is 1. The molecule has 0 radical (unpaired) electrons. The third-order valence-corrected chi connectivity index (χ3v) is 6.58. The first-order chi connectivity index (χ1) is 17.6. The Hall–Kier alpha value is -3.74. The Morgan fingerprint density at radius 2 is 1.53 bits per heavy atom. The number of likely N-dealkylation sites (N-methyl/N-ethyl adjacent to an activating group) is 1. The fourth-order valence-corrected chi connectivity index (χ4v) is 4.69. The van der Waals surface area contributed by atoms with Gasteiger partial charge in [0.1, 0.15) is 0 Å². The van der Waals surface area contributed by atoms with E-state index in [1.165, 1.54) is 0 Å². The number of carbonyl (C=O) groups excluding carboxylic acids is 1. The highest BCUT2D eigenvalue weighted by Gasteiger charge is 2.25. The molecule has 0 aliphatic carbocycles. The van der Waals surface area contributed by atoms with E-state index in [2.05, 4.69) is 5.32 Å². The van der Waals surface area contributed by atoms with Crippen LogP contribution < -0.4 is 10.9 Å². The van der Waals surface area contributed by atoms with Gasteiger partial charge in [-0.05, 0) is 36.7 Å². The highest BCUT2D eigenvalue weighted by Crippen LogP contribution is 2.26. The summed E-state index contributed by atoms with van der Waals surface area (Å²) < 4.78 is 1.65. The molecule has 1 amide bonds. The van der Waals surface area contributed by atoms with Crippen molar-refractivity contribution in [2.75, 3.05) is 19.7 Å². The van der Waals surface area contributed by atoms with Gasteiger partial charge in [0.05, 0.1) is 23.9 Å². The molecule has 6 heteroatoms. The molecule has 0 unspecified atom stereocenters. The van der Waals surface area contributed by atoms with Crippen LogP contribution in [0, 0.1) is 0 Å². The second-order valence-electron chi connectivity index (χ2n) is 8.78. The fraction of sp³-hybridized carbons (Fsp3) is 0.267. The number of fused-ring (bicyclic) bond motifs is 1. The minimum atomic E-state index is -0.221. The lowest BCUT2D eigenvalue weighted by molar-refractivity contribution is 0.0934. The number of benzene rings is 3. The van der Waals surface area contributed by atoms with Gasteiger partial charge in [-0.2, -0.15) is 0 Å². The standard InChI is InChI=1S/C30H33N3O3/c1-3-26(22-13-7-5-8-14-22)31-29(35)28-24-17-11-12-18-25(24)30(36)33(23-15-9-6-10-16-23)27(28)21-32(4-2)19-20-34/h5-18,26,34H,3-4,19-21H2,1-2H3,(H,31,35)/t26-/m0/s1. The van der Waals surface area contributed by atoms with Crippen LogP contribution in [0.1, 0.15) is 47.9 Å². The highest BCUT2D eigenvalue weighted by atomic mass is 16.3. The van der Waals surface area contributed by atoms with Crippen molar-refractivity contribution >= 4 is 16.7 Å². The van der Waals surface area contributed by atoms with Crippen molar-refractivity contribution in [2.45, 2.75) is 32.9 Å². The van der Waals surface area contributed by atoms with E-state index < -0.39 is 0 Å². The van der Waals surface area contributed by atoms with Crippen molar-refractivity contribution < 1.29 is 9.90 Å². The second kappa shape index (κ2) is 11.8. The number of nitrogens with one attached hydrogen (secondary N) is 1. The highest BCUT2D eigenvalue weighted by molar-refractivity contribution is 6.08. The number of hydrogen-bond acceptors (Lipinski definition) is 4. The number of rotatable bonds is 10. The second-order valence-corrected chi connectivity index (χ2v) is 8.78. The van der Waals surface area contributed by atoms with Crippen LogP contribution in [0.25, 0.3) is 16.5 Å². The monoisotopic (exact) mass is 483 g/mol. The molecule has 4 rings (SSSR count). The maximum absolute atomic E-state index is 14.1. The molecule has 1 heterocycles. The van der Waals surface area contributed by atoms with Gasteiger partial charge < -0.3 is 10.4 Å². The quantitative estimate of drug-likeness (QED) is 0.343. The van der Waals surface area contributed by atoms with Crippen molar-refractivity contribution in [3.05, 3.63) is 112 Å². The van der Waals surface area contributed by atoms with E-state index in [9.17, 15) is 14.7 Å². The molecule has 0 bridgehead atoms. The lowest BCUT2D eigenvalue weighted by Gasteiger charge is -2.26. The fourth-order valence-electron chi connectivity index (χ4n) is 4.69. The van der Waals surface area contributed by atoms with E-state index in [0.717, 1.165) is 12.0 Å². The molecule has 0 aliphatic heterocycles. The molecular formula is C30H33N3O3. The summed E-state index contributed by atoms with van der Waals surface area (Å²) in [5, 5.41) is 14.0. The van der Waals surface area contributed by atoms with Crippen LogP contribution >= 0.6 is 0 Å². The zero-order valence-corrected chi connectivity index (χ0v) is 20.9. The zero-order valence-electron chi connectivity index (χ0n) is 20.9. The van der Waals surface area contributed by atoms with Gasteiger partial charge in [-0.25, -0.2) is 0 Å². The first kappa shape index (κ1) is 25.4. The SMILES string of the molecule is CC[C@H](NC(=O)c1c(CN(CC)CCO)n(-c2ccccc2)c(=O)c2ccccc12)c1ccccc1. The lowest BCUT2D eigenvalue weighted by atomic mass is 9.99. The average molecular weight is 484 g/mol. The van der Waals surface area contributed by atoms with Crippen LogP contribution in [0.4, 0.5) is 0 Å². The number of carbonyl (C=O) groups is 1. The number of amides is 1. The largest absolute Gasteiger partial charge is 0.395 e.